The second-order valence-electron chi connectivity index (χ2n) is 6.17. The largest absolute Gasteiger partial charge is 0.383 e. The third kappa shape index (κ3) is 3.44. The highest BCUT2D eigenvalue weighted by Crippen LogP contribution is 2.25. The van der Waals surface area contributed by atoms with Crippen molar-refractivity contribution in [2.24, 2.45) is 0 Å². The van der Waals surface area contributed by atoms with Crippen LogP contribution in [-0.4, -0.2) is 49.3 Å². The quantitative estimate of drug-likeness (QED) is 0.655. The van der Waals surface area contributed by atoms with E-state index in [2.05, 4.69) is 35.3 Å². The number of anilines is 1. The first-order valence-electron chi connectivity index (χ1n) is 8.29. The molecule has 1 aromatic carbocycles. The van der Waals surface area contributed by atoms with Gasteiger partial charge in [0.05, 0.1) is 13.2 Å². The Labute approximate surface area is 148 Å². The Morgan fingerprint density at radius 2 is 2.08 bits per heavy atom. The zero-order chi connectivity index (χ0) is 17.1. The molecule has 0 aliphatic carbocycles. The molecule has 0 saturated carbocycles. The van der Waals surface area contributed by atoms with Crippen LogP contribution in [-0.2, 0) is 9.53 Å². The predicted molar refractivity (Wildman–Crippen MR) is 99.9 cm³/mol. The topological polar surface area (TPSA) is 44.8 Å². The number of nitrogens with zero attached hydrogens (tertiary/aromatic N) is 2. The molecule has 0 spiro atoms. The first kappa shape index (κ1) is 16.9. The van der Waals surface area contributed by atoms with E-state index in [0.29, 0.717) is 24.0 Å². The smallest absolute Gasteiger partial charge is 0.276 e. The van der Waals surface area contributed by atoms with Crippen molar-refractivity contribution in [1.82, 2.24) is 10.2 Å². The van der Waals surface area contributed by atoms with E-state index >= 15 is 0 Å². The van der Waals surface area contributed by atoms with Gasteiger partial charge in [-0.05, 0) is 61.3 Å². The molecule has 5 nitrogen and oxygen atoms in total. The lowest BCUT2D eigenvalue weighted by molar-refractivity contribution is -0.122. The molecule has 6 heteroatoms. The summed E-state index contributed by atoms with van der Waals surface area (Å²) in [6, 6.07) is 6.40. The van der Waals surface area contributed by atoms with E-state index in [9.17, 15) is 4.79 Å². The van der Waals surface area contributed by atoms with Gasteiger partial charge in [-0.2, -0.15) is 0 Å². The first-order valence-corrected chi connectivity index (χ1v) is 8.70. The van der Waals surface area contributed by atoms with E-state index in [0.717, 1.165) is 24.2 Å². The molecular weight excluding hydrogens is 322 g/mol. The lowest BCUT2D eigenvalue weighted by Gasteiger charge is -2.18. The van der Waals surface area contributed by atoms with Gasteiger partial charge in [-0.3, -0.25) is 9.69 Å². The maximum Gasteiger partial charge on any atom is 0.276 e. The van der Waals surface area contributed by atoms with Crippen LogP contribution in [0.3, 0.4) is 0 Å². The Bertz CT molecular complexity index is 681. The van der Waals surface area contributed by atoms with Crippen molar-refractivity contribution in [3.8, 4) is 0 Å². The summed E-state index contributed by atoms with van der Waals surface area (Å²) in [6.45, 7) is 5.26. The summed E-state index contributed by atoms with van der Waals surface area (Å²) in [4.78, 5) is 16.4. The van der Waals surface area contributed by atoms with Gasteiger partial charge >= 0.3 is 0 Å². The highest BCUT2D eigenvalue weighted by Gasteiger charge is 2.30. The number of ether oxygens (including phenoxy) is 1. The summed E-state index contributed by atoms with van der Waals surface area (Å²) in [7, 11) is 1.61. The molecule has 3 rings (SSSR count). The highest BCUT2D eigenvalue weighted by molar-refractivity contribution is 7.80. The summed E-state index contributed by atoms with van der Waals surface area (Å²) in [5.41, 5.74) is 3.97. The number of hydrogen-bond acceptors (Lipinski definition) is 4. The first-order chi connectivity index (χ1) is 11.6. The molecule has 0 bridgehead atoms. The van der Waals surface area contributed by atoms with Crippen LogP contribution in [0.15, 0.2) is 23.9 Å². The Morgan fingerprint density at radius 3 is 2.75 bits per heavy atom. The van der Waals surface area contributed by atoms with Crippen LogP contribution in [0.1, 0.15) is 24.0 Å². The molecule has 1 N–H and O–H groups in total. The second kappa shape index (κ2) is 7.32. The number of benzene rings is 1. The maximum atomic E-state index is 12.5. The summed E-state index contributed by atoms with van der Waals surface area (Å²) < 4.78 is 5.03. The summed E-state index contributed by atoms with van der Waals surface area (Å²) in [6.07, 6.45) is 4.40. The molecule has 2 aliphatic heterocycles. The van der Waals surface area contributed by atoms with E-state index in [1.807, 2.05) is 6.08 Å². The average molecular weight is 345 g/mol. The maximum absolute atomic E-state index is 12.5. The number of carbonyl (C=O) groups excluding carboxylic acids is 1. The van der Waals surface area contributed by atoms with Crippen molar-refractivity contribution < 1.29 is 9.53 Å². The molecule has 1 aromatic rings. The van der Waals surface area contributed by atoms with Crippen molar-refractivity contribution in [3.63, 3.8) is 0 Å². The molecule has 0 unspecified atom stereocenters. The Balaban J connectivity index is 1.78. The fraction of sp³-hybridized carbons (Fsp3) is 0.444. The van der Waals surface area contributed by atoms with Gasteiger partial charge in [0.1, 0.15) is 5.70 Å². The number of rotatable bonds is 5. The second-order valence-corrected chi connectivity index (χ2v) is 6.56. The minimum Gasteiger partial charge on any atom is -0.383 e. The summed E-state index contributed by atoms with van der Waals surface area (Å²) in [5.74, 6) is -0.0972. The van der Waals surface area contributed by atoms with Crippen LogP contribution in [0.5, 0.6) is 0 Å². The average Bonchev–Trinajstić information content (AvgIpc) is 3.18. The van der Waals surface area contributed by atoms with E-state index in [1.165, 1.54) is 18.5 Å². The lowest BCUT2D eigenvalue weighted by atomic mass is 10.1. The van der Waals surface area contributed by atoms with Crippen molar-refractivity contribution in [1.29, 1.82) is 0 Å². The highest BCUT2D eigenvalue weighted by atomic mass is 32.1. The SMILES string of the molecule is COCCN1C(=O)/C(=C\c2ccc(N3CCCC3)cc2C)NC1=S. The molecule has 128 valence electrons. The minimum absolute atomic E-state index is 0.0972. The molecule has 1 amide bonds. The fourth-order valence-electron chi connectivity index (χ4n) is 3.11. The van der Waals surface area contributed by atoms with Gasteiger partial charge in [-0.15, -0.1) is 0 Å². The van der Waals surface area contributed by atoms with Crippen LogP contribution >= 0.6 is 12.2 Å². The fourth-order valence-corrected chi connectivity index (χ4v) is 3.39. The number of nitrogens with one attached hydrogen (secondary N) is 1. The monoisotopic (exact) mass is 345 g/mol. The molecular formula is C18H23N3O2S. The van der Waals surface area contributed by atoms with Crippen LogP contribution in [0.2, 0.25) is 0 Å². The molecule has 24 heavy (non-hydrogen) atoms. The Hall–Kier alpha value is -1.92. The molecule has 0 aromatic heterocycles. The molecule has 2 heterocycles. The third-order valence-electron chi connectivity index (χ3n) is 4.51. The molecule has 2 saturated heterocycles. The third-order valence-corrected chi connectivity index (χ3v) is 4.83. The normalized spacial score (nSPS) is 19.5. The predicted octanol–water partition coefficient (Wildman–Crippen LogP) is 2.30. The number of carbonyl (C=O) groups is 1. The molecule has 0 atom stereocenters. The zero-order valence-electron chi connectivity index (χ0n) is 14.2. The van der Waals surface area contributed by atoms with Crippen LogP contribution in [0.25, 0.3) is 6.08 Å². The number of amides is 1. The standard InChI is InChI=1S/C18H23N3O2S/c1-13-11-15(20-7-3-4-8-20)6-5-14(13)12-16-17(22)21(9-10-23-2)18(24)19-16/h5-6,11-12H,3-4,7-10H2,1-2H3,(H,19,24)/b16-12+. The molecule has 0 radical (unpaired) electrons. The molecule has 2 fully saturated rings. The number of hydrogen-bond donors (Lipinski definition) is 1. The van der Waals surface area contributed by atoms with Crippen LogP contribution in [0, 0.1) is 6.92 Å². The number of aryl methyl sites for hydroxylation is 1. The van der Waals surface area contributed by atoms with Gasteiger partial charge < -0.3 is 15.0 Å². The number of thiocarbonyl (C=S) groups is 1. The minimum atomic E-state index is -0.0972. The van der Waals surface area contributed by atoms with E-state index < -0.39 is 0 Å². The Morgan fingerprint density at radius 1 is 1.33 bits per heavy atom. The van der Waals surface area contributed by atoms with E-state index in [4.69, 9.17) is 17.0 Å². The van der Waals surface area contributed by atoms with Gasteiger partial charge in [0.2, 0.25) is 0 Å². The van der Waals surface area contributed by atoms with Crippen molar-refractivity contribution in [2.75, 3.05) is 38.3 Å². The summed E-state index contributed by atoms with van der Waals surface area (Å²) >= 11 is 5.24. The van der Waals surface area contributed by atoms with Crippen LogP contribution < -0.4 is 10.2 Å². The van der Waals surface area contributed by atoms with Crippen LogP contribution in [0.4, 0.5) is 5.69 Å². The van der Waals surface area contributed by atoms with Gasteiger partial charge in [-0.25, -0.2) is 0 Å². The number of methoxy groups -OCH3 is 1. The van der Waals surface area contributed by atoms with Crippen molar-refractivity contribution in [2.45, 2.75) is 19.8 Å². The zero-order valence-corrected chi connectivity index (χ0v) is 15.0. The van der Waals surface area contributed by atoms with Gasteiger partial charge in [0, 0.05) is 25.9 Å². The van der Waals surface area contributed by atoms with Crippen molar-refractivity contribution >= 4 is 35.0 Å². The summed E-state index contributed by atoms with van der Waals surface area (Å²) in [5, 5.41) is 3.45. The van der Waals surface area contributed by atoms with Crippen molar-refractivity contribution in [3.05, 3.63) is 35.0 Å². The Kier molecular flexibility index (Phi) is 5.16. The van der Waals surface area contributed by atoms with Gasteiger partial charge in [0.15, 0.2) is 5.11 Å². The van der Waals surface area contributed by atoms with E-state index in [-0.39, 0.29) is 5.91 Å². The van der Waals surface area contributed by atoms with Gasteiger partial charge in [0.25, 0.3) is 5.91 Å². The lowest BCUT2D eigenvalue weighted by Crippen LogP contribution is -2.33. The van der Waals surface area contributed by atoms with E-state index in [1.54, 1.807) is 12.0 Å². The molecule has 2 aliphatic rings. The van der Waals surface area contributed by atoms with Gasteiger partial charge in [-0.1, -0.05) is 6.07 Å².